The predicted octanol–water partition coefficient (Wildman–Crippen LogP) is 3.29. The molecule has 0 aliphatic rings. The molecule has 0 fully saturated rings. The number of hydrogen-bond donors (Lipinski definition) is 2. The molecule has 0 bridgehead atoms. The summed E-state index contributed by atoms with van der Waals surface area (Å²) in [5.74, 6) is 0. The van der Waals surface area contributed by atoms with Gasteiger partial charge in [0.1, 0.15) is 5.60 Å². The van der Waals surface area contributed by atoms with Gasteiger partial charge >= 0.3 is 6.09 Å². The van der Waals surface area contributed by atoms with Crippen molar-refractivity contribution >= 4 is 17.7 Å². The van der Waals surface area contributed by atoms with Gasteiger partial charge in [0.15, 0.2) is 0 Å². The molecule has 5 heteroatoms. The van der Waals surface area contributed by atoms with Gasteiger partial charge in [0.2, 0.25) is 0 Å². The Hall–Kier alpha value is -1.26. The number of halogens is 1. The van der Waals surface area contributed by atoms with E-state index in [1.165, 1.54) is 0 Å². The molecule has 0 unspecified atom stereocenters. The summed E-state index contributed by atoms with van der Waals surface area (Å²) in [5.41, 5.74) is 0.140. The third kappa shape index (κ3) is 5.94. The number of hydrogen-bond acceptors (Lipinski definition) is 3. The highest BCUT2D eigenvalue weighted by Crippen LogP contribution is 2.24. The van der Waals surface area contributed by atoms with Gasteiger partial charge in [-0.3, -0.25) is 0 Å². The summed E-state index contributed by atoms with van der Waals surface area (Å²) in [6.07, 6.45) is -0.814. The quantitative estimate of drug-likeness (QED) is 0.892. The fourth-order valence-electron chi connectivity index (χ4n) is 1.53. The molecule has 0 radical (unpaired) electrons. The molecule has 1 rings (SSSR count). The SMILES string of the molecule is CC(C)(C)OC(=O)NCC[C@H](O)c1ccccc1Cl. The zero-order valence-corrected chi connectivity index (χ0v) is 12.2. The zero-order chi connectivity index (χ0) is 14.5. The van der Waals surface area contributed by atoms with Crippen LogP contribution in [0.5, 0.6) is 0 Å². The molecule has 0 aromatic heterocycles. The average molecular weight is 286 g/mol. The summed E-state index contributed by atoms with van der Waals surface area (Å²) in [7, 11) is 0. The first-order valence-electron chi connectivity index (χ1n) is 6.19. The van der Waals surface area contributed by atoms with E-state index in [2.05, 4.69) is 5.32 Å². The molecule has 4 nitrogen and oxygen atoms in total. The van der Waals surface area contributed by atoms with E-state index in [0.717, 1.165) is 0 Å². The minimum Gasteiger partial charge on any atom is -0.444 e. The molecule has 2 N–H and O–H groups in total. The highest BCUT2D eigenvalue weighted by atomic mass is 35.5. The Morgan fingerprint density at radius 1 is 1.42 bits per heavy atom. The van der Waals surface area contributed by atoms with Crippen LogP contribution in [0.4, 0.5) is 4.79 Å². The third-order valence-electron chi connectivity index (χ3n) is 2.35. The Morgan fingerprint density at radius 2 is 2.05 bits per heavy atom. The topological polar surface area (TPSA) is 58.6 Å². The Balaban J connectivity index is 2.38. The fourth-order valence-corrected chi connectivity index (χ4v) is 1.79. The Morgan fingerprint density at radius 3 is 2.63 bits per heavy atom. The number of ether oxygens (including phenoxy) is 1. The van der Waals surface area contributed by atoms with E-state index in [1.54, 1.807) is 39.0 Å². The molecule has 1 aromatic rings. The number of aliphatic hydroxyl groups is 1. The summed E-state index contributed by atoms with van der Waals surface area (Å²) in [4.78, 5) is 11.4. The van der Waals surface area contributed by atoms with Crippen LogP contribution in [0.1, 0.15) is 38.9 Å². The molecule has 106 valence electrons. The van der Waals surface area contributed by atoms with E-state index in [1.807, 2.05) is 6.07 Å². The second-order valence-corrected chi connectivity index (χ2v) is 5.66. The van der Waals surface area contributed by atoms with Crippen molar-refractivity contribution in [2.45, 2.75) is 38.9 Å². The van der Waals surface area contributed by atoms with Crippen molar-refractivity contribution in [1.82, 2.24) is 5.32 Å². The van der Waals surface area contributed by atoms with E-state index >= 15 is 0 Å². The highest BCUT2D eigenvalue weighted by Gasteiger charge is 2.16. The Kier molecular flexibility index (Phi) is 5.63. The van der Waals surface area contributed by atoms with E-state index in [9.17, 15) is 9.90 Å². The maximum atomic E-state index is 11.4. The lowest BCUT2D eigenvalue weighted by molar-refractivity contribution is 0.0518. The number of aliphatic hydroxyl groups excluding tert-OH is 1. The van der Waals surface area contributed by atoms with Gasteiger partial charge in [-0.15, -0.1) is 0 Å². The zero-order valence-electron chi connectivity index (χ0n) is 11.4. The second-order valence-electron chi connectivity index (χ2n) is 5.25. The monoisotopic (exact) mass is 285 g/mol. The van der Waals surface area contributed by atoms with Crippen LogP contribution in [-0.4, -0.2) is 23.3 Å². The first-order valence-corrected chi connectivity index (χ1v) is 6.57. The van der Waals surface area contributed by atoms with E-state index in [-0.39, 0.29) is 0 Å². The maximum absolute atomic E-state index is 11.4. The number of amides is 1. The molecular formula is C14H20ClNO3. The Labute approximate surface area is 118 Å². The first kappa shape index (κ1) is 15.8. The molecule has 1 aromatic carbocycles. The van der Waals surface area contributed by atoms with E-state index in [0.29, 0.717) is 23.6 Å². The summed E-state index contributed by atoms with van der Waals surface area (Å²) < 4.78 is 5.09. The van der Waals surface area contributed by atoms with Gasteiger partial charge in [0.25, 0.3) is 0 Å². The average Bonchev–Trinajstić information content (AvgIpc) is 2.26. The van der Waals surface area contributed by atoms with E-state index in [4.69, 9.17) is 16.3 Å². The van der Waals surface area contributed by atoms with Gasteiger partial charge in [-0.05, 0) is 38.8 Å². The fraction of sp³-hybridized carbons (Fsp3) is 0.500. The van der Waals surface area contributed by atoms with Gasteiger partial charge in [-0.25, -0.2) is 4.79 Å². The predicted molar refractivity (Wildman–Crippen MR) is 75.3 cm³/mol. The minimum atomic E-state index is -0.705. The van der Waals surface area contributed by atoms with Gasteiger partial charge in [0, 0.05) is 11.6 Å². The van der Waals surface area contributed by atoms with Crippen molar-refractivity contribution in [3.63, 3.8) is 0 Å². The van der Waals surface area contributed by atoms with Gasteiger partial charge < -0.3 is 15.2 Å². The van der Waals surface area contributed by atoms with Crippen molar-refractivity contribution in [2.24, 2.45) is 0 Å². The van der Waals surface area contributed by atoms with Crippen LogP contribution in [0, 0.1) is 0 Å². The molecule has 1 amide bonds. The number of rotatable bonds is 4. The number of alkyl carbamates (subject to hydrolysis) is 1. The van der Waals surface area contributed by atoms with Crippen molar-refractivity contribution < 1.29 is 14.6 Å². The van der Waals surface area contributed by atoms with Crippen LogP contribution in [0.2, 0.25) is 5.02 Å². The number of benzene rings is 1. The van der Waals surface area contributed by atoms with Crippen LogP contribution in [0.3, 0.4) is 0 Å². The van der Waals surface area contributed by atoms with E-state index < -0.39 is 17.8 Å². The normalized spacial score (nSPS) is 12.9. The molecule has 0 aliphatic heterocycles. The maximum Gasteiger partial charge on any atom is 0.407 e. The molecule has 1 atom stereocenters. The molecule has 19 heavy (non-hydrogen) atoms. The standard InChI is InChI=1S/C14H20ClNO3/c1-14(2,3)19-13(18)16-9-8-12(17)10-6-4-5-7-11(10)15/h4-7,12,17H,8-9H2,1-3H3,(H,16,18)/t12-/m0/s1. The lowest BCUT2D eigenvalue weighted by Crippen LogP contribution is -2.33. The van der Waals surface area contributed by atoms with Crippen molar-refractivity contribution in [1.29, 1.82) is 0 Å². The van der Waals surface area contributed by atoms with Crippen LogP contribution >= 0.6 is 11.6 Å². The smallest absolute Gasteiger partial charge is 0.407 e. The second kappa shape index (κ2) is 6.78. The highest BCUT2D eigenvalue weighted by molar-refractivity contribution is 6.31. The van der Waals surface area contributed by atoms with Crippen molar-refractivity contribution in [2.75, 3.05) is 6.54 Å². The molecule has 0 heterocycles. The minimum absolute atomic E-state index is 0.321. The summed E-state index contributed by atoms with van der Waals surface area (Å²) in [6, 6.07) is 7.10. The largest absolute Gasteiger partial charge is 0.444 e. The van der Waals surface area contributed by atoms with Crippen LogP contribution in [0.15, 0.2) is 24.3 Å². The van der Waals surface area contributed by atoms with Crippen LogP contribution in [-0.2, 0) is 4.74 Å². The number of carbonyl (C=O) groups is 1. The molecule has 0 aliphatic carbocycles. The third-order valence-corrected chi connectivity index (χ3v) is 2.69. The van der Waals surface area contributed by atoms with Gasteiger partial charge in [-0.1, -0.05) is 29.8 Å². The first-order chi connectivity index (χ1) is 8.79. The lowest BCUT2D eigenvalue weighted by atomic mass is 10.1. The molecule has 0 spiro atoms. The lowest BCUT2D eigenvalue weighted by Gasteiger charge is -2.20. The molecule has 0 saturated carbocycles. The Bertz CT molecular complexity index is 429. The molecular weight excluding hydrogens is 266 g/mol. The summed E-state index contributed by atoms with van der Waals surface area (Å²) in [5, 5.41) is 13.1. The number of carbonyl (C=O) groups excluding carboxylic acids is 1. The van der Waals surface area contributed by atoms with Gasteiger partial charge in [-0.2, -0.15) is 0 Å². The molecule has 0 saturated heterocycles. The summed E-state index contributed by atoms with van der Waals surface area (Å²) >= 11 is 5.98. The van der Waals surface area contributed by atoms with Crippen LogP contribution < -0.4 is 5.32 Å². The van der Waals surface area contributed by atoms with Crippen molar-refractivity contribution in [3.8, 4) is 0 Å². The number of nitrogens with one attached hydrogen (secondary N) is 1. The van der Waals surface area contributed by atoms with Gasteiger partial charge in [0.05, 0.1) is 6.10 Å². The summed E-state index contributed by atoms with van der Waals surface area (Å²) in [6.45, 7) is 5.71. The van der Waals surface area contributed by atoms with Crippen LogP contribution in [0.25, 0.3) is 0 Å². The van der Waals surface area contributed by atoms with Crippen molar-refractivity contribution in [3.05, 3.63) is 34.9 Å².